The summed E-state index contributed by atoms with van der Waals surface area (Å²) >= 11 is 6.71. The largest absolute Gasteiger partial charge is 0.327 e. The highest BCUT2D eigenvalue weighted by Gasteiger charge is 2.10. The average molecular weight is 344 g/mol. The summed E-state index contributed by atoms with van der Waals surface area (Å²) in [5.41, 5.74) is 9.06. The van der Waals surface area contributed by atoms with Crippen LogP contribution in [-0.2, 0) is 6.42 Å². The molecule has 18 heavy (non-hydrogen) atoms. The molecule has 3 nitrogen and oxygen atoms in total. The number of nitrogens with two attached hydrogens (primary N) is 1. The van der Waals surface area contributed by atoms with Crippen molar-refractivity contribution in [1.29, 1.82) is 0 Å². The van der Waals surface area contributed by atoms with Gasteiger partial charge in [-0.15, -0.1) is 10.2 Å². The molecule has 0 fully saturated rings. The van der Waals surface area contributed by atoms with E-state index in [0.29, 0.717) is 0 Å². The van der Waals surface area contributed by atoms with Crippen LogP contribution in [0.15, 0.2) is 37.4 Å². The molecule has 6 heteroatoms. The van der Waals surface area contributed by atoms with Gasteiger partial charge < -0.3 is 5.73 Å². The monoisotopic (exact) mass is 343 g/mol. The second kappa shape index (κ2) is 6.65. The highest BCUT2D eigenvalue weighted by molar-refractivity contribution is 9.10. The fourth-order valence-electron chi connectivity index (χ4n) is 1.54. The molecule has 0 aliphatic carbocycles. The third kappa shape index (κ3) is 3.78. The molecular weight excluding hydrogens is 330 g/mol. The van der Waals surface area contributed by atoms with Crippen LogP contribution in [0.5, 0.6) is 0 Å². The lowest BCUT2D eigenvalue weighted by Gasteiger charge is -2.12. The zero-order valence-electron chi connectivity index (χ0n) is 9.97. The Bertz CT molecular complexity index is 502. The molecule has 2 aromatic rings. The van der Waals surface area contributed by atoms with Crippen molar-refractivity contribution in [1.82, 2.24) is 10.2 Å². The van der Waals surface area contributed by atoms with Crippen LogP contribution in [0.3, 0.4) is 0 Å². The molecule has 0 saturated carbocycles. The highest BCUT2D eigenvalue weighted by atomic mass is 79.9. The van der Waals surface area contributed by atoms with E-state index < -0.39 is 0 Å². The minimum absolute atomic E-state index is 0.202. The summed E-state index contributed by atoms with van der Waals surface area (Å²) < 4.78 is 2.05. The van der Waals surface area contributed by atoms with Gasteiger partial charge in [-0.2, -0.15) is 0 Å². The number of hydrogen-bond donors (Lipinski definition) is 1. The standard InChI is InChI=1S/C12H14BrN3S2/c1-2-10(14)6-8-5-9(13)3-4-11(8)18-12-16-15-7-17-12/h3-5,7,10H,2,6,14H2,1H3. The van der Waals surface area contributed by atoms with E-state index in [9.17, 15) is 0 Å². The summed E-state index contributed by atoms with van der Waals surface area (Å²) in [6.07, 6.45) is 1.87. The molecular formula is C12H14BrN3S2. The Morgan fingerprint density at radius 2 is 2.33 bits per heavy atom. The fraction of sp³-hybridized carbons (Fsp3) is 0.333. The van der Waals surface area contributed by atoms with Crippen LogP contribution in [0.25, 0.3) is 0 Å². The molecule has 1 aromatic heterocycles. The van der Waals surface area contributed by atoms with E-state index in [0.717, 1.165) is 21.7 Å². The Labute approximate surface area is 123 Å². The Morgan fingerprint density at radius 3 is 3.00 bits per heavy atom. The number of aromatic nitrogens is 2. The normalized spacial score (nSPS) is 12.6. The van der Waals surface area contributed by atoms with Gasteiger partial charge in [0.1, 0.15) is 5.51 Å². The predicted molar refractivity (Wildman–Crippen MR) is 80.1 cm³/mol. The fourth-order valence-corrected chi connectivity index (χ4v) is 3.50. The molecule has 0 radical (unpaired) electrons. The summed E-state index contributed by atoms with van der Waals surface area (Å²) in [5.74, 6) is 0. The van der Waals surface area contributed by atoms with Gasteiger partial charge in [-0.3, -0.25) is 0 Å². The van der Waals surface area contributed by atoms with Gasteiger partial charge in [0.2, 0.25) is 0 Å². The number of benzene rings is 1. The van der Waals surface area contributed by atoms with E-state index in [-0.39, 0.29) is 6.04 Å². The number of nitrogens with zero attached hydrogens (tertiary/aromatic N) is 2. The van der Waals surface area contributed by atoms with Crippen molar-refractivity contribution in [3.8, 4) is 0 Å². The van der Waals surface area contributed by atoms with E-state index >= 15 is 0 Å². The van der Waals surface area contributed by atoms with Crippen molar-refractivity contribution in [2.75, 3.05) is 0 Å². The third-order valence-corrected chi connectivity index (χ3v) is 4.96. The minimum atomic E-state index is 0.202. The smallest absolute Gasteiger partial charge is 0.178 e. The van der Waals surface area contributed by atoms with Crippen LogP contribution in [0.1, 0.15) is 18.9 Å². The Kier molecular flexibility index (Phi) is 5.17. The molecule has 1 heterocycles. The van der Waals surface area contributed by atoms with Crippen LogP contribution in [0.2, 0.25) is 0 Å². The number of hydrogen-bond acceptors (Lipinski definition) is 5. The summed E-state index contributed by atoms with van der Waals surface area (Å²) in [6.45, 7) is 2.11. The first-order valence-corrected chi connectivity index (χ1v) is 8.16. The molecule has 1 atom stereocenters. The summed E-state index contributed by atoms with van der Waals surface area (Å²) in [7, 11) is 0. The van der Waals surface area contributed by atoms with E-state index in [1.54, 1.807) is 28.6 Å². The summed E-state index contributed by atoms with van der Waals surface area (Å²) in [5, 5.41) is 7.92. The molecule has 1 aromatic carbocycles. The van der Waals surface area contributed by atoms with Crippen LogP contribution in [-0.4, -0.2) is 16.2 Å². The van der Waals surface area contributed by atoms with E-state index in [4.69, 9.17) is 5.73 Å². The maximum atomic E-state index is 6.05. The lowest BCUT2D eigenvalue weighted by Crippen LogP contribution is -2.21. The Balaban J connectivity index is 2.22. The lowest BCUT2D eigenvalue weighted by atomic mass is 10.1. The average Bonchev–Trinajstić information content (AvgIpc) is 2.85. The van der Waals surface area contributed by atoms with Gasteiger partial charge in [-0.05, 0) is 36.6 Å². The number of rotatable bonds is 5. The van der Waals surface area contributed by atoms with E-state index in [2.05, 4.69) is 45.2 Å². The first-order chi connectivity index (χ1) is 8.69. The molecule has 2 N–H and O–H groups in total. The molecule has 0 bridgehead atoms. The maximum absolute atomic E-state index is 6.05. The molecule has 0 aliphatic rings. The zero-order chi connectivity index (χ0) is 13.0. The summed E-state index contributed by atoms with van der Waals surface area (Å²) in [6, 6.07) is 6.49. The van der Waals surface area contributed by atoms with Crippen molar-refractivity contribution in [3.05, 3.63) is 33.7 Å². The van der Waals surface area contributed by atoms with Crippen LogP contribution < -0.4 is 5.73 Å². The molecule has 0 saturated heterocycles. The molecule has 2 rings (SSSR count). The van der Waals surface area contributed by atoms with Gasteiger partial charge in [-0.25, -0.2) is 0 Å². The van der Waals surface area contributed by atoms with Gasteiger partial charge in [-0.1, -0.05) is 46.0 Å². The molecule has 1 unspecified atom stereocenters. The Hall–Kier alpha value is -0.430. The van der Waals surface area contributed by atoms with Gasteiger partial charge >= 0.3 is 0 Å². The highest BCUT2D eigenvalue weighted by Crippen LogP contribution is 2.33. The van der Waals surface area contributed by atoms with Gasteiger partial charge in [0.05, 0.1) is 0 Å². The van der Waals surface area contributed by atoms with Crippen molar-refractivity contribution in [2.45, 2.75) is 35.0 Å². The van der Waals surface area contributed by atoms with Crippen LogP contribution in [0, 0.1) is 0 Å². The first kappa shape index (κ1) is 14.0. The van der Waals surface area contributed by atoms with E-state index in [1.165, 1.54) is 10.5 Å². The summed E-state index contributed by atoms with van der Waals surface area (Å²) in [4.78, 5) is 1.21. The van der Waals surface area contributed by atoms with Crippen molar-refractivity contribution in [2.24, 2.45) is 5.73 Å². The topological polar surface area (TPSA) is 51.8 Å². The quantitative estimate of drug-likeness (QED) is 0.898. The van der Waals surface area contributed by atoms with Crippen molar-refractivity contribution < 1.29 is 0 Å². The van der Waals surface area contributed by atoms with Crippen LogP contribution >= 0.6 is 39.0 Å². The van der Waals surface area contributed by atoms with Gasteiger partial charge in [0.25, 0.3) is 0 Å². The number of halogens is 1. The predicted octanol–water partition coefficient (Wildman–Crippen LogP) is 3.73. The minimum Gasteiger partial charge on any atom is -0.327 e. The third-order valence-electron chi connectivity index (χ3n) is 2.57. The first-order valence-electron chi connectivity index (χ1n) is 5.67. The van der Waals surface area contributed by atoms with Gasteiger partial charge in [0.15, 0.2) is 4.34 Å². The van der Waals surface area contributed by atoms with E-state index in [1.807, 2.05) is 6.07 Å². The van der Waals surface area contributed by atoms with Crippen molar-refractivity contribution in [3.63, 3.8) is 0 Å². The SMILES string of the molecule is CCC(N)Cc1cc(Br)ccc1Sc1nncs1. The zero-order valence-corrected chi connectivity index (χ0v) is 13.2. The molecule has 0 aliphatic heterocycles. The maximum Gasteiger partial charge on any atom is 0.178 e. The molecule has 96 valence electrons. The van der Waals surface area contributed by atoms with Gasteiger partial charge in [0, 0.05) is 15.4 Å². The van der Waals surface area contributed by atoms with Crippen molar-refractivity contribution >= 4 is 39.0 Å². The second-order valence-electron chi connectivity index (χ2n) is 3.93. The lowest BCUT2D eigenvalue weighted by molar-refractivity contribution is 0.641. The molecule has 0 amide bonds. The van der Waals surface area contributed by atoms with Crippen LogP contribution in [0.4, 0.5) is 0 Å². The second-order valence-corrected chi connectivity index (χ2v) is 6.97. The Morgan fingerprint density at radius 1 is 1.50 bits per heavy atom. The molecule has 0 spiro atoms.